The van der Waals surface area contributed by atoms with Gasteiger partial charge in [-0.25, -0.2) is 4.79 Å². The first-order valence-electron chi connectivity index (χ1n) is 11.7. The Labute approximate surface area is 201 Å². The number of hydrogen-bond donors (Lipinski definition) is 2. The second kappa shape index (κ2) is 10.00. The summed E-state index contributed by atoms with van der Waals surface area (Å²) in [6.45, 7) is 9.42. The molecule has 6 nitrogen and oxygen atoms in total. The van der Waals surface area contributed by atoms with Gasteiger partial charge in [-0.2, -0.15) is 0 Å². The van der Waals surface area contributed by atoms with E-state index in [1.54, 1.807) is 0 Å². The molecular formula is C28H32N4O2. The first kappa shape index (κ1) is 23.4. The molecule has 0 radical (unpaired) electrons. The number of nitrogens with one attached hydrogen (secondary N) is 2. The fourth-order valence-corrected chi connectivity index (χ4v) is 4.03. The van der Waals surface area contributed by atoms with Crippen molar-refractivity contribution in [1.29, 1.82) is 0 Å². The number of anilines is 3. The quantitative estimate of drug-likeness (QED) is 0.538. The Morgan fingerprint density at radius 1 is 0.706 bits per heavy atom. The SMILES string of the molecule is CC(C)(C)c1ccc(C(=O)N2CCN(c3ccc(NC(=O)Nc4ccccc4)cc3)CC2)cc1. The van der Waals surface area contributed by atoms with E-state index in [1.807, 2.05) is 71.6 Å². The van der Waals surface area contributed by atoms with Gasteiger partial charge in [0.25, 0.3) is 5.91 Å². The van der Waals surface area contributed by atoms with Crippen LogP contribution in [-0.4, -0.2) is 43.0 Å². The summed E-state index contributed by atoms with van der Waals surface area (Å²) < 4.78 is 0. The molecule has 0 spiro atoms. The number of amides is 3. The molecule has 1 fully saturated rings. The summed E-state index contributed by atoms with van der Waals surface area (Å²) in [6, 6.07) is 24.8. The highest BCUT2D eigenvalue weighted by Crippen LogP contribution is 2.24. The van der Waals surface area contributed by atoms with Gasteiger partial charge in [0.15, 0.2) is 0 Å². The molecule has 1 aliphatic heterocycles. The van der Waals surface area contributed by atoms with Crippen LogP contribution in [0.1, 0.15) is 36.7 Å². The topological polar surface area (TPSA) is 64.7 Å². The van der Waals surface area contributed by atoms with Gasteiger partial charge < -0.3 is 20.4 Å². The highest BCUT2D eigenvalue weighted by molar-refractivity contribution is 5.99. The van der Waals surface area contributed by atoms with Crippen LogP contribution in [0.3, 0.4) is 0 Å². The summed E-state index contributed by atoms with van der Waals surface area (Å²) in [5.41, 5.74) is 4.59. The van der Waals surface area contributed by atoms with E-state index in [-0.39, 0.29) is 17.4 Å². The second-order valence-electron chi connectivity index (χ2n) is 9.60. The zero-order valence-electron chi connectivity index (χ0n) is 20.0. The number of piperazine rings is 1. The number of hydrogen-bond acceptors (Lipinski definition) is 3. The molecule has 2 N–H and O–H groups in total. The van der Waals surface area contributed by atoms with Crippen molar-refractivity contribution in [1.82, 2.24) is 4.90 Å². The maximum Gasteiger partial charge on any atom is 0.323 e. The molecule has 0 unspecified atom stereocenters. The number of urea groups is 1. The van der Waals surface area contributed by atoms with Gasteiger partial charge in [0.1, 0.15) is 0 Å². The summed E-state index contributed by atoms with van der Waals surface area (Å²) in [4.78, 5) is 29.3. The molecule has 0 atom stereocenters. The third kappa shape index (κ3) is 5.76. The second-order valence-corrected chi connectivity index (χ2v) is 9.60. The fourth-order valence-electron chi connectivity index (χ4n) is 4.03. The van der Waals surface area contributed by atoms with Gasteiger partial charge in [-0.15, -0.1) is 0 Å². The van der Waals surface area contributed by atoms with Gasteiger partial charge in [0, 0.05) is 48.8 Å². The Hall–Kier alpha value is -3.80. The van der Waals surface area contributed by atoms with E-state index < -0.39 is 0 Å². The van der Waals surface area contributed by atoms with Crippen LogP contribution in [0.2, 0.25) is 0 Å². The van der Waals surface area contributed by atoms with E-state index >= 15 is 0 Å². The number of para-hydroxylation sites is 1. The highest BCUT2D eigenvalue weighted by Gasteiger charge is 2.23. The molecule has 0 saturated carbocycles. The molecule has 3 aromatic carbocycles. The van der Waals surface area contributed by atoms with Crippen molar-refractivity contribution in [2.45, 2.75) is 26.2 Å². The number of carbonyl (C=O) groups excluding carboxylic acids is 2. The molecule has 6 heteroatoms. The Morgan fingerprint density at radius 2 is 1.26 bits per heavy atom. The summed E-state index contributed by atoms with van der Waals surface area (Å²) in [7, 11) is 0. The smallest absolute Gasteiger partial charge is 0.323 e. The van der Waals surface area contributed by atoms with E-state index in [2.05, 4.69) is 48.4 Å². The fraction of sp³-hybridized carbons (Fsp3) is 0.286. The maximum absolute atomic E-state index is 12.9. The average molecular weight is 457 g/mol. The van der Waals surface area contributed by atoms with E-state index in [1.165, 1.54) is 5.56 Å². The minimum Gasteiger partial charge on any atom is -0.368 e. The van der Waals surface area contributed by atoms with Gasteiger partial charge in [-0.1, -0.05) is 51.1 Å². The van der Waals surface area contributed by atoms with E-state index in [0.29, 0.717) is 13.1 Å². The Morgan fingerprint density at radius 3 is 1.82 bits per heavy atom. The first-order valence-corrected chi connectivity index (χ1v) is 11.7. The molecule has 3 amide bonds. The van der Waals surface area contributed by atoms with Gasteiger partial charge >= 0.3 is 6.03 Å². The third-order valence-electron chi connectivity index (χ3n) is 6.09. The zero-order chi connectivity index (χ0) is 24.1. The Kier molecular flexibility index (Phi) is 6.87. The van der Waals surface area contributed by atoms with Crippen LogP contribution in [0.15, 0.2) is 78.9 Å². The lowest BCUT2D eigenvalue weighted by molar-refractivity contribution is 0.0746. The molecule has 3 aromatic rings. The van der Waals surface area contributed by atoms with Gasteiger partial charge in [-0.05, 0) is 59.5 Å². The molecule has 0 bridgehead atoms. The van der Waals surface area contributed by atoms with Crippen molar-refractivity contribution >= 4 is 29.0 Å². The molecule has 1 heterocycles. The van der Waals surface area contributed by atoms with Crippen molar-refractivity contribution in [3.05, 3.63) is 90.0 Å². The summed E-state index contributed by atoms with van der Waals surface area (Å²) >= 11 is 0. The molecule has 4 rings (SSSR count). The lowest BCUT2D eigenvalue weighted by Crippen LogP contribution is -2.48. The van der Waals surface area contributed by atoms with Crippen molar-refractivity contribution in [3.63, 3.8) is 0 Å². The maximum atomic E-state index is 12.9. The molecule has 0 aromatic heterocycles. The number of nitrogens with zero attached hydrogens (tertiary/aromatic N) is 2. The monoisotopic (exact) mass is 456 g/mol. The van der Waals surface area contributed by atoms with Crippen LogP contribution in [0.4, 0.5) is 21.9 Å². The Balaban J connectivity index is 1.29. The molecule has 0 aliphatic carbocycles. The lowest BCUT2D eigenvalue weighted by atomic mass is 9.86. The number of carbonyl (C=O) groups is 2. The largest absolute Gasteiger partial charge is 0.368 e. The minimum atomic E-state index is -0.276. The summed E-state index contributed by atoms with van der Waals surface area (Å²) in [6.07, 6.45) is 0. The summed E-state index contributed by atoms with van der Waals surface area (Å²) in [5, 5.41) is 5.66. The summed E-state index contributed by atoms with van der Waals surface area (Å²) in [5.74, 6) is 0.0871. The first-order chi connectivity index (χ1) is 16.3. The van der Waals surface area contributed by atoms with E-state index in [4.69, 9.17) is 0 Å². The number of rotatable bonds is 4. The van der Waals surface area contributed by atoms with Crippen LogP contribution in [0.25, 0.3) is 0 Å². The lowest BCUT2D eigenvalue weighted by Gasteiger charge is -2.36. The minimum absolute atomic E-state index is 0.0734. The molecule has 34 heavy (non-hydrogen) atoms. The molecule has 176 valence electrons. The predicted octanol–water partition coefficient (Wildman–Crippen LogP) is 5.59. The van der Waals surface area contributed by atoms with Crippen molar-refractivity contribution < 1.29 is 9.59 Å². The van der Waals surface area contributed by atoms with E-state index in [9.17, 15) is 9.59 Å². The van der Waals surface area contributed by atoms with Crippen LogP contribution < -0.4 is 15.5 Å². The van der Waals surface area contributed by atoms with Crippen molar-refractivity contribution in [3.8, 4) is 0 Å². The average Bonchev–Trinajstić information content (AvgIpc) is 2.84. The Bertz CT molecular complexity index is 1110. The van der Waals surface area contributed by atoms with Crippen molar-refractivity contribution in [2.24, 2.45) is 0 Å². The highest BCUT2D eigenvalue weighted by atomic mass is 16.2. The molecule has 1 saturated heterocycles. The van der Waals surface area contributed by atoms with Crippen LogP contribution in [0.5, 0.6) is 0 Å². The molecule has 1 aliphatic rings. The zero-order valence-corrected chi connectivity index (χ0v) is 20.0. The molecular weight excluding hydrogens is 424 g/mol. The van der Waals surface area contributed by atoms with Crippen molar-refractivity contribution in [2.75, 3.05) is 41.7 Å². The third-order valence-corrected chi connectivity index (χ3v) is 6.09. The normalized spacial score (nSPS) is 14.0. The standard InChI is InChI=1S/C28H32N4O2/c1-28(2,3)22-11-9-21(10-12-22)26(33)32-19-17-31(18-20-32)25-15-13-24(14-16-25)30-27(34)29-23-7-5-4-6-8-23/h4-16H,17-20H2,1-3H3,(H2,29,30,34). The van der Waals surface area contributed by atoms with Gasteiger partial charge in [0.05, 0.1) is 0 Å². The van der Waals surface area contributed by atoms with Crippen LogP contribution in [-0.2, 0) is 5.41 Å². The van der Waals surface area contributed by atoms with Crippen LogP contribution >= 0.6 is 0 Å². The number of benzene rings is 3. The van der Waals surface area contributed by atoms with Crippen LogP contribution in [0, 0.1) is 0 Å². The van der Waals surface area contributed by atoms with Gasteiger partial charge in [-0.3, -0.25) is 4.79 Å². The predicted molar refractivity (Wildman–Crippen MR) is 139 cm³/mol. The van der Waals surface area contributed by atoms with E-state index in [0.717, 1.165) is 35.7 Å². The van der Waals surface area contributed by atoms with Gasteiger partial charge in [0.2, 0.25) is 0 Å².